The fourth-order valence-corrected chi connectivity index (χ4v) is 2.96. The zero-order valence-corrected chi connectivity index (χ0v) is 15.1. The molecule has 0 spiro atoms. The topological polar surface area (TPSA) is 88.7 Å². The average molecular weight is 361 g/mol. The maximum atomic E-state index is 12.4. The molecule has 27 heavy (non-hydrogen) atoms. The van der Waals surface area contributed by atoms with Crippen molar-refractivity contribution >= 4 is 5.91 Å². The van der Waals surface area contributed by atoms with Gasteiger partial charge in [0, 0.05) is 17.8 Å². The third kappa shape index (κ3) is 3.52. The van der Waals surface area contributed by atoms with Crippen LogP contribution in [-0.4, -0.2) is 25.9 Å². The highest BCUT2D eigenvalue weighted by Gasteiger charge is 2.12. The molecule has 2 N–H and O–H groups in total. The summed E-state index contributed by atoms with van der Waals surface area (Å²) in [4.78, 5) is 12.4. The van der Waals surface area contributed by atoms with Crippen LogP contribution in [0.4, 0.5) is 0 Å². The fourth-order valence-electron chi connectivity index (χ4n) is 2.96. The summed E-state index contributed by atoms with van der Waals surface area (Å²) < 4.78 is 6.94. The van der Waals surface area contributed by atoms with Gasteiger partial charge in [-0.2, -0.15) is 10.2 Å². The molecule has 0 aliphatic rings. The first-order chi connectivity index (χ1) is 13.1. The molecule has 136 valence electrons. The summed E-state index contributed by atoms with van der Waals surface area (Å²) in [5.41, 5.74) is 5.89. The van der Waals surface area contributed by atoms with Crippen LogP contribution in [0, 0.1) is 13.8 Å². The molecule has 0 fully saturated rings. The second kappa shape index (κ2) is 6.95. The van der Waals surface area contributed by atoms with E-state index in [-0.39, 0.29) is 5.91 Å². The molecule has 1 amide bonds. The highest BCUT2D eigenvalue weighted by atomic mass is 16.3. The van der Waals surface area contributed by atoms with Crippen LogP contribution in [0.2, 0.25) is 0 Å². The molecular weight excluding hydrogens is 342 g/mol. The Morgan fingerprint density at radius 1 is 1.22 bits per heavy atom. The van der Waals surface area contributed by atoms with Crippen molar-refractivity contribution in [3.63, 3.8) is 0 Å². The Kier molecular flexibility index (Phi) is 4.33. The Morgan fingerprint density at radius 2 is 2.11 bits per heavy atom. The number of aromatic amines is 1. The van der Waals surface area contributed by atoms with Gasteiger partial charge in [-0.05, 0) is 49.7 Å². The van der Waals surface area contributed by atoms with Crippen LogP contribution in [0.3, 0.4) is 0 Å². The zero-order chi connectivity index (χ0) is 18.8. The van der Waals surface area contributed by atoms with Crippen LogP contribution in [0.1, 0.15) is 27.4 Å². The van der Waals surface area contributed by atoms with Gasteiger partial charge in [0.05, 0.1) is 29.6 Å². The number of hydrogen-bond donors (Lipinski definition) is 2. The third-order valence-corrected chi connectivity index (χ3v) is 4.26. The monoisotopic (exact) mass is 361 g/mol. The third-order valence-electron chi connectivity index (χ3n) is 4.26. The van der Waals surface area contributed by atoms with E-state index in [0.717, 1.165) is 28.2 Å². The van der Waals surface area contributed by atoms with Gasteiger partial charge in [-0.15, -0.1) is 0 Å². The Labute approximate surface area is 156 Å². The van der Waals surface area contributed by atoms with Gasteiger partial charge in [0.15, 0.2) is 0 Å². The van der Waals surface area contributed by atoms with E-state index in [9.17, 15) is 4.79 Å². The first kappa shape index (κ1) is 16.8. The number of nitrogens with one attached hydrogen (secondary N) is 2. The Hall–Kier alpha value is -3.61. The summed E-state index contributed by atoms with van der Waals surface area (Å²) in [6.07, 6.45) is 3.15. The lowest BCUT2D eigenvalue weighted by molar-refractivity contribution is 0.0946. The predicted octanol–water partition coefficient (Wildman–Crippen LogP) is 3.40. The number of carbonyl (C=O) groups is 1. The van der Waals surface area contributed by atoms with Crippen molar-refractivity contribution in [1.82, 2.24) is 25.3 Å². The first-order valence-electron chi connectivity index (χ1n) is 8.59. The molecule has 0 bridgehead atoms. The molecule has 3 heterocycles. The summed E-state index contributed by atoms with van der Waals surface area (Å²) in [5.74, 6) is -0.214. The van der Waals surface area contributed by atoms with Crippen LogP contribution in [0.5, 0.6) is 0 Å². The molecule has 4 aromatic rings. The normalized spacial score (nSPS) is 10.9. The lowest BCUT2D eigenvalue weighted by Crippen LogP contribution is -2.23. The molecule has 0 unspecified atom stereocenters. The van der Waals surface area contributed by atoms with Crippen LogP contribution in [0.25, 0.3) is 16.9 Å². The molecule has 7 nitrogen and oxygen atoms in total. The summed E-state index contributed by atoms with van der Waals surface area (Å²) in [7, 11) is 0. The summed E-state index contributed by atoms with van der Waals surface area (Å²) in [6.45, 7) is 4.39. The molecule has 0 radical (unpaired) electrons. The van der Waals surface area contributed by atoms with Gasteiger partial charge in [0.2, 0.25) is 0 Å². The summed E-state index contributed by atoms with van der Waals surface area (Å²) >= 11 is 0. The first-order valence-corrected chi connectivity index (χ1v) is 8.59. The fraction of sp³-hybridized carbons (Fsp3) is 0.150. The minimum atomic E-state index is -0.214. The number of nitrogens with zero attached hydrogens (tertiary/aromatic N) is 3. The van der Waals surface area contributed by atoms with E-state index < -0.39 is 0 Å². The number of aryl methyl sites for hydroxylation is 2. The van der Waals surface area contributed by atoms with Crippen molar-refractivity contribution in [2.24, 2.45) is 0 Å². The highest BCUT2D eigenvalue weighted by molar-refractivity contribution is 5.93. The zero-order valence-electron chi connectivity index (χ0n) is 15.1. The van der Waals surface area contributed by atoms with E-state index in [0.29, 0.717) is 17.9 Å². The van der Waals surface area contributed by atoms with E-state index in [1.807, 2.05) is 48.9 Å². The van der Waals surface area contributed by atoms with Crippen molar-refractivity contribution in [2.75, 3.05) is 0 Å². The van der Waals surface area contributed by atoms with E-state index in [2.05, 4.69) is 20.6 Å². The average Bonchev–Trinajstić information content (AvgIpc) is 3.40. The Balaban J connectivity index is 1.45. The van der Waals surface area contributed by atoms with Crippen LogP contribution in [-0.2, 0) is 6.54 Å². The van der Waals surface area contributed by atoms with Crippen molar-refractivity contribution in [2.45, 2.75) is 20.4 Å². The standard InChI is InChI=1S/C20H19N5O2/c1-13-8-14(2)25(24-13)17-5-3-4-15(9-17)11-21-20(26)19-10-18(22-23-19)16-6-7-27-12-16/h3-10,12H,11H2,1-2H3,(H,21,26)(H,22,23). The number of amides is 1. The van der Waals surface area contributed by atoms with Gasteiger partial charge in [0.25, 0.3) is 5.91 Å². The highest BCUT2D eigenvalue weighted by Crippen LogP contribution is 2.18. The van der Waals surface area contributed by atoms with Crippen molar-refractivity contribution in [3.05, 3.63) is 77.6 Å². The van der Waals surface area contributed by atoms with E-state index in [1.165, 1.54) is 0 Å². The van der Waals surface area contributed by atoms with Gasteiger partial charge in [-0.25, -0.2) is 4.68 Å². The summed E-state index contributed by atoms with van der Waals surface area (Å²) in [6, 6.07) is 13.5. The van der Waals surface area contributed by atoms with Gasteiger partial charge in [-0.1, -0.05) is 12.1 Å². The number of hydrogen-bond acceptors (Lipinski definition) is 4. The second-order valence-electron chi connectivity index (χ2n) is 6.37. The number of aromatic nitrogens is 4. The molecule has 0 aliphatic carbocycles. The van der Waals surface area contributed by atoms with Crippen LogP contribution in [0.15, 0.2) is 59.4 Å². The van der Waals surface area contributed by atoms with Crippen molar-refractivity contribution in [3.8, 4) is 16.9 Å². The molecule has 0 aliphatic heterocycles. The molecule has 1 aromatic carbocycles. The van der Waals surface area contributed by atoms with Gasteiger partial charge in [-0.3, -0.25) is 9.89 Å². The van der Waals surface area contributed by atoms with Crippen LogP contribution >= 0.6 is 0 Å². The second-order valence-corrected chi connectivity index (χ2v) is 6.37. The lowest BCUT2D eigenvalue weighted by Gasteiger charge is -2.08. The SMILES string of the molecule is Cc1cc(C)n(-c2cccc(CNC(=O)c3cc(-c4ccoc4)n[nH]3)c2)n1. The number of rotatable bonds is 5. The molecule has 4 rings (SSSR count). The maximum Gasteiger partial charge on any atom is 0.269 e. The largest absolute Gasteiger partial charge is 0.472 e. The summed E-state index contributed by atoms with van der Waals surface area (Å²) in [5, 5.41) is 14.3. The minimum absolute atomic E-state index is 0.214. The predicted molar refractivity (Wildman–Crippen MR) is 100 cm³/mol. The van der Waals surface area contributed by atoms with E-state index in [4.69, 9.17) is 4.42 Å². The smallest absolute Gasteiger partial charge is 0.269 e. The van der Waals surface area contributed by atoms with Crippen molar-refractivity contribution < 1.29 is 9.21 Å². The number of furan rings is 1. The maximum absolute atomic E-state index is 12.4. The lowest BCUT2D eigenvalue weighted by atomic mass is 10.2. The van der Waals surface area contributed by atoms with Gasteiger partial charge in [0.1, 0.15) is 5.69 Å². The van der Waals surface area contributed by atoms with E-state index >= 15 is 0 Å². The quantitative estimate of drug-likeness (QED) is 0.570. The van der Waals surface area contributed by atoms with Crippen LogP contribution < -0.4 is 5.32 Å². The van der Waals surface area contributed by atoms with Crippen molar-refractivity contribution in [1.29, 1.82) is 0 Å². The molecule has 0 saturated heterocycles. The Bertz CT molecular complexity index is 1080. The molecule has 3 aromatic heterocycles. The van der Waals surface area contributed by atoms with Gasteiger partial charge >= 0.3 is 0 Å². The molecule has 0 atom stereocenters. The molecular formula is C20H19N5O2. The number of carbonyl (C=O) groups excluding carboxylic acids is 1. The Morgan fingerprint density at radius 3 is 2.85 bits per heavy atom. The molecule has 0 saturated carbocycles. The van der Waals surface area contributed by atoms with E-state index in [1.54, 1.807) is 24.7 Å². The van der Waals surface area contributed by atoms with Gasteiger partial charge < -0.3 is 9.73 Å². The number of H-pyrrole nitrogens is 1. The minimum Gasteiger partial charge on any atom is -0.472 e. The number of benzene rings is 1. The molecule has 7 heteroatoms.